The van der Waals surface area contributed by atoms with E-state index in [2.05, 4.69) is 24.1 Å². The normalized spacial score (nSPS) is 13.0. The molecule has 0 saturated heterocycles. The summed E-state index contributed by atoms with van der Waals surface area (Å²) in [5.41, 5.74) is 6.47. The Balaban J connectivity index is 2.01. The largest absolute Gasteiger partial charge is 0.370 e. The van der Waals surface area contributed by atoms with Gasteiger partial charge < -0.3 is 11.1 Å². The molecule has 2 atom stereocenters. The number of aromatic nitrogens is 1. The first kappa shape index (κ1) is 24.5. The average molecular weight is 448 g/mol. The van der Waals surface area contributed by atoms with Gasteiger partial charge in [-0.1, -0.05) is 32.9 Å². The Labute approximate surface area is 186 Å². The summed E-state index contributed by atoms with van der Waals surface area (Å²) in [6.07, 6.45) is 1.20. The van der Waals surface area contributed by atoms with Crippen molar-refractivity contribution < 1.29 is 14.0 Å². The Kier molecular flexibility index (Phi) is 8.67. The van der Waals surface area contributed by atoms with Gasteiger partial charge in [0.25, 0.3) is 5.91 Å². The summed E-state index contributed by atoms with van der Waals surface area (Å²) < 4.78 is 13.4. The number of nitrogens with two attached hydrogens (primary N) is 1. The third-order valence-electron chi connectivity index (χ3n) is 4.76. The molecule has 1 aromatic carbocycles. The van der Waals surface area contributed by atoms with E-state index in [0.717, 1.165) is 6.42 Å². The van der Waals surface area contributed by atoms with Crippen molar-refractivity contribution in [3.63, 3.8) is 0 Å². The van der Waals surface area contributed by atoms with Gasteiger partial charge in [0.2, 0.25) is 5.91 Å². The van der Waals surface area contributed by atoms with Gasteiger partial charge >= 0.3 is 0 Å². The summed E-state index contributed by atoms with van der Waals surface area (Å²) in [6, 6.07) is 5.64. The molecule has 1 aromatic heterocycles. The molecule has 7 nitrogen and oxygen atoms in total. The Hall–Kier alpha value is -2.81. The number of hydrogen-bond donors (Lipinski definition) is 3. The van der Waals surface area contributed by atoms with E-state index in [4.69, 9.17) is 11.1 Å². The maximum Gasteiger partial charge on any atom is 0.271 e. The minimum atomic E-state index is -0.398. The molecule has 4 N–H and O–H groups in total. The zero-order chi connectivity index (χ0) is 23.1. The molecule has 0 unspecified atom stereocenters. The molecular formula is C22H30FN5O2S. The molecule has 0 spiro atoms. The van der Waals surface area contributed by atoms with Crippen LogP contribution < -0.4 is 11.1 Å². The zero-order valence-corrected chi connectivity index (χ0v) is 19.1. The van der Waals surface area contributed by atoms with Crippen LogP contribution in [0, 0.1) is 23.1 Å². The number of guanidine groups is 1. The fourth-order valence-electron chi connectivity index (χ4n) is 3.36. The highest BCUT2D eigenvalue weighted by atomic mass is 32.1. The summed E-state index contributed by atoms with van der Waals surface area (Å²) in [7, 11) is 0. The van der Waals surface area contributed by atoms with E-state index in [1.54, 1.807) is 24.4 Å². The van der Waals surface area contributed by atoms with Crippen molar-refractivity contribution in [1.29, 1.82) is 5.41 Å². The Bertz CT molecular complexity index is 930. The summed E-state index contributed by atoms with van der Waals surface area (Å²) in [5.74, 6) is -0.694. The van der Waals surface area contributed by atoms with Crippen LogP contribution in [0.15, 0.2) is 29.6 Å². The summed E-state index contributed by atoms with van der Waals surface area (Å²) in [4.78, 5) is 30.6. The smallest absolute Gasteiger partial charge is 0.271 e. The van der Waals surface area contributed by atoms with E-state index in [9.17, 15) is 14.0 Å². The fraction of sp³-hybridized carbons (Fsp3) is 0.455. The van der Waals surface area contributed by atoms with Crippen LogP contribution in [0.2, 0.25) is 0 Å². The molecule has 0 fully saturated rings. The van der Waals surface area contributed by atoms with Gasteiger partial charge in [0.05, 0.1) is 12.6 Å². The van der Waals surface area contributed by atoms with Crippen molar-refractivity contribution in [3.8, 4) is 0 Å². The number of rotatable bonds is 9. The van der Waals surface area contributed by atoms with Gasteiger partial charge in [0.15, 0.2) is 5.96 Å². The van der Waals surface area contributed by atoms with E-state index in [1.165, 1.54) is 28.4 Å². The van der Waals surface area contributed by atoms with Gasteiger partial charge in [-0.15, -0.1) is 11.3 Å². The van der Waals surface area contributed by atoms with E-state index in [-0.39, 0.29) is 35.8 Å². The molecule has 9 heteroatoms. The van der Waals surface area contributed by atoms with E-state index >= 15 is 0 Å². The number of nitrogens with zero attached hydrogens (tertiary/aromatic N) is 2. The molecular weight excluding hydrogens is 417 g/mol. The Morgan fingerprint density at radius 3 is 2.61 bits per heavy atom. The van der Waals surface area contributed by atoms with E-state index < -0.39 is 11.9 Å². The third kappa shape index (κ3) is 7.43. The van der Waals surface area contributed by atoms with Crippen molar-refractivity contribution in [1.82, 2.24) is 15.2 Å². The SMILES string of the molecule is CC(C)C[C@H](C)CC(=O)N(Cc1nc(C(=O)N[C@@H](C)c2cccc(F)c2)cs1)C(=N)N. The van der Waals surface area contributed by atoms with Crippen molar-refractivity contribution >= 4 is 29.1 Å². The molecule has 0 aliphatic carbocycles. The number of carbonyl (C=O) groups is 2. The highest BCUT2D eigenvalue weighted by Gasteiger charge is 2.22. The molecule has 0 radical (unpaired) electrons. The maximum atomic E-state index is 13.4. The lowest BCUT2D eigenvalue weighted by Gasteiger charge is -2.22. The van der Waals surface area contributed by atoms with Gasteiger partial charge in [-0.2, -0.15) is 0 Å². The minimum absolute atomic E-state index is 0.0416. The number of benzene rings is 1. The molecule has 1 heterocycles. The maximum absolute atomic E-state index is 13.4. The van der Waals surface area contributed by atoms with Crippen molar-refractivity contribution in [2.75, 3.05) is 0 Å². The molecule has 168 valence electrons. The van der Waals surface area contributed by atoms with Gasteiger partial charge in [-0.25, -0.2) is 9.37 Å². The topological polar surface area (TPSA) is 112 Å². The second-order valence-electron chi connectivity index (χ2n) is 8.18. The van der Waals surface area contributed by atoms with Crippen LogP contribution in [-0.2, 0) is 11.3 Å². The van der Waals surface area contributed by atoms with Crippen LogP contribution in [0.4, 0.5) is 4.39 Å². The molecule has 2 rings (SSSR count). The number of amides is 2. The van der Waals surface area contributed by atoms with E-state index in [0.29, 0.717) is 22.9 Å². The standard InChI is InChI=1S/C22H30FN5O2S/c1-13(2)8-14(3)9-20(29)28(22(24)25)11-19-27-18(12-31-19)21(30)26-15(4)16-6-5-7-17(23)10-16/h5-7,10,12-15H,8-9,11H2,1-4H3,(H3,24,25)(H,26,30)/t14-,15-/m0/s1. The van der Waals surface area contributed by atoms with Gasteiger partial charge in [0.1, 0.15) is 16.5 Å². The van der Waals surface area contributed by atoms with Crippen LogP contribution in [0.25, 0.3) is 0 Å². The molecule has 2 aromatic rings. The van der Waals surface area contributed by atoms with E-state index in [1.807, 2.05) is 6.92 Å². The first-order valence-corrected chi connectivity index (χ1v) is 11.1. The first-order chi connectivity index (χ1) is 14.6. The molecule has 0 aliphatic heterocycles. The molecule has 0 saturated carbocycles. The predicted octanol–water partition coefficient (Wildman–Crippen LogP) is 4.07. The lowest BCUT2D eigenvalue weighted by atomic mass is 9.95. The lowest BCUT2D eigenvalue weighted by Crippen LogP contribution is -2.41. The molecule has 0 bridgehead atoms. The number of nitrogens with one attached hydrogen (secondary N) is 2. The molecule has 2 amide bonds. The van der Waals surface area contributed by atoms with Crippen molar-refractivity contribution in [3.05, 3.63) is 51.7 Å². The van der Waals surface area contributed by atoms with Crippen LogP contribution in [0.5, 0.6) is 0 Å². The Morgan fingerprint density at radius 2 is 2.00 bits per heavy atom. The van der Waals surface area contributed by atoms with Crippen LogP contribution in [0.3, 0.4) is 0 Å². The number of halogens is 1. The summed E-state index contributed by atoms with van der Waals surface area (Å²) >= 11 is 1.22. The second kappa shape index (κ2) is 11.0. The Morgan fingerprint density at radius 1 is 1.29 bits per heavy atom. The van der Waals surface area contributed by atoms with Gasteiger partial charge in [-0.3, -0.25) is 19.9 Å². The van der Waals surface area contributed by atoms with Crippen LogP contribution in [0.1, 0.15) is 67.6 Å². The number of hydrogen-bond acceptors (Lipinski definition) is 5. The number of carbonyl (C=O) groups excluding carboxylic acids is 2. The van der Waals surface area contributed by atoms with Crippen molar-refractivity contribution in [2.45, 2.75) is 53.1 Å². The summed E-state index contributed by atoms with van der Waals surface area (Å²) in [6.45, 7) is 8.00. The molecule has 31 heavy (non-hydrogen) atoms. The highest BCUT2D eigenvalue weighted by molar-refractivity contribution is 7.09. The second-order valence-corrected chi connectivity index (χ2v) is 9.12. The highest BCUT2D eigenvalue weighted by Crippen LogP contribution is 2.19. The van der Waals surface area contributed by atoms with Gasteiger partial charge in [0, 0.05) is 11.8 Å². The van der Waals surface area contributed by atoms with Crippen molar-refractivity contribution in [2.24, 2.45) is 17.6 Å². The van der Waals surface area contributed by atoms with Crippen LogP contribution >= 0.6 is 11.3 Å². The predicted molar refractivity (Wildman–Crippen MR) is 120 cm³/mol. The van der Waals surface area contributed by atoms with Gasteiger partial charge in [-0.05, 0) is 42.9 Å². The summed E-state index contributed by atoms with van der Waals surface area (Å²) in [5, 5.41) is 12.6. The minimum Gasteiger partial charge on any atom is -0.370 e. The lowest BCUT2D eigenvalue weighted by molar-refractivity contribution is -0.128. The van der Waals surface area contributed by atoms with Crippen LogP contribution in [-0.4, -0.2) is 27.7 Å². The fourth-order valence-corrected chi connectivity index (χ4v) is 4.12. The quantitative estimate of drug-likeness (QED) is 0.397. The monoisotopic (exact) mass is 447 g/mol. The first-order valence-electron chi connectivity index (χ1n) is 10.2. The third-order valence-corrected chi connectivity index (χ3v) is 5.60. The average Bonchev–Trinajstić information content (AvgIpc) is 3.13. The number of thiazole rings is 1. The zero-order valence-electron chi connectivity index (χ0n) is 18.3. The molecule has 0 aliphatic rings.